The lowest BCUT2D eigenvalue weighted by Gasteiger charge is -2.19. The molecule has 0 bridgehead atoms. The molecular formula is C27H32N+. The maximum Gasteiger partial charge on any atom is 0.213 e. The normalized spacial score (nSPS) is 12.8. The summed E-state index contributed by atoms with van der Waals surface area (Å²) in [5, 5.41) is 0. The van der Waals surface area contributed by atoms with Gasteiger partial charge in [0.25, 0.3) is 0 Å². The van der Waals surface area contributed by atoms with Crippen LogP contribution in [0.25, 0.3) is 22.4 Å². The molecular weight excluding hydrogens is 338 g/mol. The number of benzene rings is 2. The summed E-state index contributed by atoms with van der Waals surface area (Å²) in [5.41, 5.74) is 14.4. The van der Waals surface area contributed by atoms with Gasteiger partial charge in [-0.25, -0.2) is 4.57 Å². The maximum absolute atomic E-state index is 2.40. The zero-order chi connectivity index (χ0) is 20.2. The van der Waals surface area contributed by atoms with Gasteiger partial charge in [0.15, 0.2) is 6.20 Å². The predicted octanol–water partition coefficient (Wildman–Crippen LogP) is 6.26. The summed E-state index contributed by atoms with van der Waals surface area (Å²) in [4.78, 5) is 0. The van der Waals surface area contributed by atoms with Crippen molar-refractivity contribution in [2.75, 3.05) is 0 Å². The Kier molecular flexibility index (Phi) is 4.45. The molecule has 0 radical (unpaired) electrons. The minimum atomic E-state index is 0.294. The molecule has 1 aromatic heterocycles. The van der Waals surface area contributed by atoms with Gasteiger partial charge in [-0.2, -0.15) is 0 Å². The van der Waals surface area contributed by atoms with Crippen molar-refractivity contribution < 1.29 is 4.57 Å². The van der Waals surface area contributed by atoms with Crippen LogP contribution in [0.1, 0.15) is 54.2 Å². The number of nitrogens with zero attached hydrogens (tertiary/aromatic N) is 1. The Labute approximate surface area is 170 Å². The lowest BCUT2D eigenvalue weighted by molar-refractivity contribution is -0.660. The number of pyridine rings is 1. The number of aromatic nitrogens is 1. The number of hydrogen-bond donors (Lipinski definition) is 0. The van der Waals surface area contributed by atoms with E-state index in [9.17, 15) is 0 Å². The van der Waals surface area contributed by atoms with Crippen molar-refractivity contribution in [2.45, 2.75) is 54.4 Å². The van der Waals surface area contributed by atoms with Crippen LogP contribution in [0.2, 0.25) is 0 Å². The van der Waals surface area contributed by atoms with Gasteiger partial charge in [-0.3, -0.25) is 0 Å². The smallest absolute Gasteiger partial charge is 0.201 e. The van der Waals surface area contributed by atoms with Gasteiger partial charge < -0.3 is 0 Å². The van der Waals surface area contributed by atoms with Crippen molar-refractivity contribution in [2.24, 2.45) is 12.5 Å². The van der Waals surface area contributed by atoms with E-state index < -0.39 is 0 Å². The fourth-order valence-corrected chi connectivity index (χ4v) is 4.69. The SMILES string of the molecule is Cc1ccc2c(c1)Cc1c-2ccc(C)c1-c1cc(C)c(CC(C)(C)C)c[n+]1C. The Morgan fingerprint density at radius 2 is 1.61 bits per heavy atom. The highest BCUT2D eigenvalue weighted by atomic mass is 14.9. The standard InChI is InChI=1S/C27H32N/c1-17-8-10-22-20(12-17)14-24-23(22)11-9-18(2)26(24)25-13-19(3)21(16-28(25)7)15-27(4,5)6/h8-13,16H,14-15H2,1-7H3/q+1. The largest absolute Gasteiger partial charge is 0.213 e. The van der Waals surface area contributed by atoms with Crippen LogP contribution in [0.15, 0.2) is 42.6 Å². The second kappa shape index (κ2) is 6.58. The van der Waals surface area contributed by atoms with E-state index >= 15 is 0 Å². The van der Waals surface area contributed by atoms with Crippen molar-refractivity contribution in [3.8, 4) is 22.4 Å². The molecule has 28 heavy (non-hydrogen) atoms. The van der Waals surface area contributed by atoms with Gasteiger partial charge in [-0.05, 0) is 72.4 Å². The van der Waals surface area contributed by atoms with Crippen molar-refractivity contribution >= 4 is 0 Å². The van der Waals surface area contributed by atoms with E-state index in [1.54, 1.807) is 0 Å². The van der Waals surface area contributed by atoms with Gasteiger partial charge in [0.1, 0.15) is 7.05 Å². The molecule has 144 valence electrons. The third-order valence-corrected chi connectivity index (χ3v) is 6.01. The van der Waals surface area contributed by atoms with E-state index in [0.717, 1.165) is 12.8 Å². The number of fused-ring (bicyclic) bond motifs is 3. The Hall–Kier alpha value is -2.41. The summed E-state index contributed by atoms with van der Waals surface area (Å²) in [6, 6.07) is 13.9. The highest BCUT2D eigenvalue weighted by molar-refractivity contribution is 5.85. The molecule has 4 rings (SSSR count). The van der Waals surface area contributed by atoms with Crippen LogP contribution in [-0.4, -0.2) is 0 Å². The van der Waals surface area contributed by atoms with Gasteiger partial charge in [0.05, 0.1) is 5.56 Å². The van der Waals surface area contributed by atoms with Crippen molar-refractivity contribution in [3.05, 3.63) is 76.0 Å². The van der Waals surface area contributed by atoms with Gasteiger partial charge in [-0.1, -0.05) is 56.7 Å². The van der Waals surface area contributed by atoms with Crippen LogP contribution in [0.5, 0.6) is 0 Å². The average molecular weight is 371 g/mol. The predicted molar refractivity (Wildman–Crippen MR) is 119 cm³/mol. The minimum absolute atomic E-state index is 0.294. The fraction of sp³-hybridized carbons (Fsp3) is 0.370. The molecule has 0 saturated heterocycles. The van der Waals surface area contributed by atoms with Crippen LogP contribution in [0, 0.1) is 26.2 Å². The molecule has 0 amide bonds. The van der Waals surface area contributed by atoms with E-state index in [1.807, 2.05) is 0 Å². The monoisotopic (exact) mass is 370 g/mol. The molecule has 0 spiro atoms. The molecule has 1 nitrogen and oxygen atoms in total. The van der Waals surface area contributed by atoms with Gasteiger partial charge in [-0.15, -0.1) is 0 Å². The molecule has 1 aliphatic rings. The Bertz CT molecular complexity index is 1080. The summed E-state index contributed by atoms with van der Waals surface area (Å²) < 4.78 is 2.34. The molecule has 0 aliphatic heterocycles. The molecule has 0 unspecified atom stereocenters. The van der Waals surface area contributed by atoms with Crippen LogP contribution in [-0.2, 0) is 19.9 Å². The topological polar surface area (TPSA) is 3.88 Å². The van der Waals surface area contributed by atoms with E-state index in [2.05, 4.69) is 95.8 Å². The van der Waals surface area contributed by atoms with Gasteiger partial charge >= 0.3 is 0 Å². The quantitative estimate of drug-likeness (QED) is 0.366. The minimum Gasteiger partial charge on any atom is -0.201 e. The summed E-state index contributed by atoms with van der Waals surface area (Å²) in [7, 11) is 2.20. The van der Waals surface area contributed by atoms with Crippen molar-refractivity contribution in [1.82, 2.24) is 0 Å². The molecule has 1 heterocycles. The van der Waals surface area contributed by atoms with Crippen molar-refractivity contribution in [1.29, 1.82) is 0 Å². The fourth-order valence-electron chi connectivity index (χ4n) is 4.69. The first kappa shape index (κ1) is 18.9. The zero-order valence-corrected chi connectivity index (χ0v) is 18.4. The third-order valence-electron chi connectivity index (χ3n) is 6.01. The van der Waals surface area contributed by atoms with Gasteiger partial charge in [0, 0.05) is 11.6 Å². The third kappa shape index (κ3) is 3.28. The highest BCUT2D eigenvalue weighted by Gasteiger charge is 2.27. The first-order chi connectivity index (χ1) is 13.1. The zero-order valence-electron chi connectivity index (χ0n) is 18.4. The molecule has 0 saturated carbocycles. The number of hydrogen-bond acceptors (Lipinski definition) is 0. The van der Waals surface area contributed by atoms with Crippen LogP contribution < -0.4 is 4.57 Å². The second-order valence-corrected chi connectivity index (χ2v) is 9.84. The number of rotatable bonds is 2. The molecule has 3 aromatic rings. The summed E-state index contributed by atoms with van der Waals surface area (Å²) in [6.45, 7) is 13.6. The first-order valence-electron chi connectivity index (χ1n) is 10.4. The lowest BCUT2D eigenvalue weighted by Crippen LogP contribution is -2.33. The van der Waals surface area contributed by atoms with Crippen LogP contribution in [0.3, 0.4) is 0 Å². The van der Waals surface area contributed by atoms with Gasteiger partial charge in [0.2, 0.25) is 5.69 Å². The summed E-state index contributed by atoms with van der Waals surface area (Å²) in [5.74, 6) is 0. The molecule has 0 atom stereocenters. The molecule has 1 heteroatoms. The molecule has 0 fully saturated rings. The second-order valence-electron chi connectivity index (χ2n) is 9.84. The van der Waals surface area contributed by atoms with E-state index in [4.69, 9.17) is 0 Å². The lowest BCUT2D eigenvalue weighted by atomic mass is 9.86. The Morgan fingerprint density at radius 1 is 0.893 bits per heavy atom. The molecule has 2 aromatic carbocycles. The maximum atomic E-state index is 2.40. The number of aryl methyl sites for hydroxylation is 4. The van der Waals surface area contributed by atoms with Crippen LogP contribution in [0.4, 0.5) is 0 Å². The van der Waals surface area contributed by atoms with E-state index in [0.29, 0.717) is 5.41 Å². The highest BCUT2D eigenvalue weighted by Crippen LogP contribution is 2.43. The first-order valence-corrected chi connectivity index (χ1v) is 10.4. The van der Waals surface area contributed by atoms with Crippen LogP contribution >= 0.6 is 0 Å². The Morgan fingerprint density at radius 3 is 2.32 bits per heavy atom. The molecule has 0 N–H and O–H groups in total. The van der Waals surface area contributed by atoms with E-state index in [-0.39, 0.29) is 0 Å². The summed E-state index contributed by atoms with van der Waals surface area (Å²) in [6.07, 6.45) is 4.48. The van der Waals surface area contributed by atoms with E-state index in [1.165, 1.54) is 55.8 Å². The molecule has 1 aliphatic carbocycles. The Balaban J connectivity index is 1.87. The summed E-state index contributed by atoms with van der Waals surface area (Å²) >= 11 is 0. The van der Waals surface area contributed by atoms with Crippen molar-refractivity contribution in [3.63, 3.8) is 0 Å². The average Bonchev–Trinajstić information content (AvgIpc) is 2.94.